The first-order valence-electron chi connectivity index (χ1n) is 20.6. The monoisotopic (exact) mass is 859 g/mol. The molecule has 0 bridgehead atoms. The minimum atomic E-state index is -2.06. The van der Waals surface area contributed by atoms with Crippen LogP contribution in [0.5, 0.6) is 0 Å². The summed E-state index contributed by atoms with van der Waals surface area (Å²) in [5, 5.41) is 15.6. The van der Waals surface area contributed by atoms with Crippen LogP contribution >= 0.6 is 0 Å². The van der Waals surface area contributed by atoms with Crippen molar-refractivity contribution in [2.24, 2.45) is 5.92 Å². The Hall–Kier alpha value is -5.06. The highest BCUT2D eigenvalue weighted by Gasteiger charge is 2.56. The van der Waals surface area contributed by atoms with Crippen LogP contribution < -0.4 is 10.6 Å². The van der Waals surface area contributed by atoms with E-state index < -0.39 is 95.2 Å². The normalized spacial score (nSPS) is 26.2. The molecule has 3 heterocycles. The fourth-order valence-electron chi connectivity index (χ4n) is 8.69. The minimum Gasteiger partial charge on any atom is -0.462 e. The number of amides is 3. The summed E-state index contributed by atoms with van der Waals surface area (Å²) < 4.78 is 40.8. The van der Waals surface area contributed by atoms with Crippen LogP contribution in [0.25, 0.3) is 0 Å². The smallest absolute Gasteiger partial charge is 0.410 e. The van der Waals surface area contributed by atoms with E-state index in [0.29, 0.717) is 58.7 Å². The molecule has 2 unspecified atom stereocenters. The van der Waals surface area contributed by atoms with Crippen molar-refractivity contribution in [3.8, 4) is 6.07 Å². The SMILES string of the molecule is CC(=O)N[C@H](NC(=O)C1=CC(C)C(OC(C)=O)(OC(C)=O)C(C)=C1C1(CCN2CCOC[C@@]23CCN(C(=O)OC(C)(C)C)C3)CCC[C@H](C#N)O1)[C@H](COC(C)=O)OC(C)=O. The summed E-state index contributed by atoms with van der Waals surface area (Å²) in [4.78, 5) is 94.1. The Labute approximate surface area is 356 Å². The molecule has 3 aliphatic heterocycles. The van der Waals surface area contributed by atoms with Crippen LogP contribution in [0.1, 0.15) is 101 Å². The number of carbonyl (C=O) groups excluding carboxylic acids is 7. The van der Waals surface area contributed by atoms with Gasteiger partial charge in [-0.25, -0.2) is 4.79 Å². The highest BCUT2D eigenvalue weighted by molar-refractivity contribution is 6.00. The lowest BCUT2D eigenvalue weighted by Crippen LogP contribution is -2.60. The third-order valence-corrected chi connectivity index (χ3v) is 11.1. The van der Waals surface area contributed by atoms with Crippen LogP contribution in [-0.4, -0.2) is 138 Å². The summed E-state index contributed by atoms with van der Waals surface area (Å²) in [6.45, 7) is 16.1. The highest BCUT2D eigenvalue weighted by Crippen LogP contribution is 2.50. The van der Waals surface area contributed by atoms with E-state index in [1.54, 1.807) is 39.5 Å². The largest absolute Gasteiger partial charge is 0.462 e. The lowest BCUT2D eigenvalue weighted by molar-refractivity contribution is -0.225. The number of morpholine rings is 1. The van der Waals surface area contributed by atoms with Gasteiger partial charge in [-0.05, 0) is 59.8 Å². The van der Waals surface area contributed by atoms with Crippen LogP contribution in [0, 0.1) is 17.2 Å². The number of esters is 4. The van der Waals surface area contributed by atoms with Crippen molar-refractivity contribution >= 4 is 41.8 Å². The fraction of sp³-hybridized carbons (Fsp3) is 0.714. The van der Waals surface area contributed by atoms with Gasteiger partial charge in [0, 0.05) is 77.5 Å². The predicted octanol–water partition coefficient (Wildman–Crippen LogP) is 2.71. The molecule has 4 rings (SSSR count). The molecule has 0 radical (unpaired) electrons. The molecule has 0 aromatic carbocycles. The van der Waals surface area contributed by atoms with Crippen molar-refractivity contribution in [2.75, 3.05) is 46.0 Å². The fourth-order valence-corrected chi connectivity index (χ4v) is 8.69. The number of hydrogen-bond donors (Lipinski definition) is 2. The zero-order valence-corrected chi connectivity index (χ0v) is 36.9. The van der Waals surface area contributed by atoms with Crippen LogP contribution in [0.15, 0.2) is 22.8 Å². The number of rotatable bonds is 13. The Morgan fingerprint density at radius 1 is 0.967 bits per heavy atom. The third kappa shape index (κ3) is 11.9. The van der Waals surface area contributed by atoms with Crippen molar-refractivity contribution in [3.05, 3.63) is 22.8 Å². The van der Waals surface area contributed by atoms with Crippen molar-refractivity contribution in [1.29, 1.82) is 5.26 Å². The Morgan fingerprint density at radius 2 is 1.64 bits per heavy atom. The molecule has 3 saturated heterocycles. The second-order valence-electron chi connectivity index (χ2n) is 17.1. The Kier molecular flexibility index (Phi) is 15.7. The van der Waals surface area contributed by atoms with Crippen LogP contribution in [0.4, 0.5) is 4.79 Å². The van der Waals surface area contributed by atoms with Gasteiger partial charge in [-0.1, -0.05) is 13.0 Å². The highest BCUT2D eigenvalue weighted by atomic mass is 16.7. The summed E-state index contributed by atoms with van der Waals surface area (Å²) in [5.74, 6) is -7.53. The quantitative estimate of drug-likeness (QED) is 0.154. The summed E-state index contributed by atoms with van der Waals surface area (Å²) in [7, 11) is 0. The van der Waals surface area contributed by atoms with Gasteiger partial charge in [0.15, 0.2) is 6.10 Å². The van der Waals surface area contributed by atoms with E-state index in [0.717, 1.165) is 27.7 Å². The average molecular weight is 860 g/mol. The van der Waals surface area contributed by atoms with Gasteiger partial charge in [-0.3, -0.25) is 33.7 Å². The van der Waals surface area contributed by atoms with E-state index >= 15 is 0 Å². The zero-order chi connectivity index (χ0) is 45.5. The molecule has 0 aromatic heterocycles. The number of hydrogen-bond acceptors (Lipinski definition) is 16. The minimum absolute atomic E-state index is 0.0170. The van der Waals surface area contributed by atoms with E-state index in [-0.39, 0.29) is 29.6 Å². The molecule has 19 nitrogen and oxygen atoms in total. The molecule has 338 valence electrons. The van der Waals surface area contributed by atoms with Crippen LogP contribution in [-0.2, 0) is 61.9 Å². The Bertz CT molecular complexity index is 1820. The van der Waals surface area contributed by atoms with Crippen LogP contribution in [0.3, 0.4) is 0 Å². The molecular weight excluding hydrogens is 798 g/mol. The summed E-state index contributed by atoms with van der Waals surface area (Å²) >= 11 is 0. The molecule has 1 spiro atoms. The number of likely N-dealkylation sites (tertiary alicyclic amines) is 1. The number of nitriles is 1. The van der Waals surface area contributed by atoms with Gasteiger partial charge in [-0.2, -0.15) is 5.26 Å². The number of carbonyl (C=O) groups is 7. The van der Waals surface area contributed by atoms with E-state index in [2.05, 4.69) is 21.6 Å². The molecule has 3 fully saturated rings. The Morgan fingerprint density at radius 3 is 2.21 bits per heavy atom. The van der Waals surface area contributed by atoms with E-state index in [4.69, 9.17) is 33.2 Å². The molecule has 3 amide bonds. The van der Waals surface area contributed by atoms with Gasteiger partial charge in [0.25, 0.3) is 11.7 Å². The van der Waals surface area contributed by atoms with Crippen molar-refractivity contribution in [2.45, 2.75) is 142 Å². The molecule has 1 aliphatic carbocycles. The van der Waals surface area contributed by atoms with Crippen LogP contribution in [0.2, 0.25) is 0 Å². The van der Waals surface area contributed by atoms with Crippen molar-refractivity contribution < 1.29 is 66.7 Å². The molecular formula is C42H61N5O14. The Balaban J connectivity index is 1.87. The van der Waals surface area contributed by atoms with E-state index in [1.807, 2.05) is 0 Å². The molecule has 19 heteroatoms. The molecule has 0 aromatic rings. The molecule has 0 saturated carbocycles. The first-order valence-corrected chi connectivity index (χ1v) is 20.6. The summed E-state index contributed by atoms with van der Waals surface area (Å²) in [6.07, 6.45) is -0.855. The third-order valence-electron chi connectivity index (χ3n) is 11.1. The van der Waals surface area contributed by atoms with Gasteiger partial charge in [0.05, 0.1) is 36.3 Å². The maximum atomic E-state index is 14.9. The topological polar surface area (TPSA) is 238 Å². The average Bonchev–Trinajstić information content (AvgIpc) is 3.57. The number of ether oxygens (including phenoxy) is 7. The van der Waals surface area contributed by atoms with Gasteiger partial charge >= 0.3 is 30.0 Å². The number of nitrogens with zero attached hydrogens (tertiary/aromatic N) is 3. The maximum absolute atomic E-state index is 14.9. The van der Waals surface area contributed by atoms with E-state index in [1.165, 1.54) is 13.0 Å². The second-order valence-corrected chi connectivity index (χ2v) is 17.1. The van der Waals surface area contributed by atoms with E-state index in [9.17, 15) is 38.8 Å². The zero-order valence-electron chi connectivity index (χ0n) is 36.9. The maximum Gasteiger partial charge on any atom is 0.410 e. The molecule has 6 atom stereocenters. The summed E-state index contributed by atoms with van der Waals surface area (Å²) in [5.41, 5.74) is -2.44. The number of nitrogens with one attached hydrogen (secondary N) is 2. The standard InChI is InChI=1S/C42H61N5O14/c1-25-20-33(37(53)45-36(44-27(3)48)34(57-29(5)50)22-56-28(4)49)35(26(2)42(25,58-30(6)51)59-31(7)52)41(13-11-12-32(21-43)60-41)15-17-47-18-19-55-24-40(47)14-16-46(23-40)38(54)61-39(8,9)10/h20,25,32,34,36H,11-19,22-24H2,1-10H3,(H,44,48)(H,45,53)/t25?,32-,34+,36-,40+,41?/m1/s1. The summed E-state index contributed by atoms with van der Waals surface area (Å²) in [6, 6.07) is 2.22. The van der Waals surface area contributed by atoms with Gasteiger partial charge in [0.2, 0.25) is 5.91 Å². The van der Waals surface area contributed by atoms with Crippen molar-refractivity contribution in [1.82, 2.24) is 20.4 Å². The van der Waals surface area contributed by atoms with Crippen molar-refractivity contribution in [3.63, 3.8) is 0 Å². The molecule has 2 N–H and O–H groups in total. The van der Waals surface area contributed by atoms with Gasteiger partial charge < -0.3 is 48.7 Å². The van der Waals surface area contributed by atoms with Gasteiger partial charge in [-0.15, -0.1) is 0 Å². The molecule has 4 aliphatic rings. The predicted molar refractivity (Wildman–Crippen MR) is 213 cm³/mol. The lowest BCUT2D eigenvalue weighted by atomic mass is 9.70. The second kappa shape index (κ2) is 19.8. The molecule has 61 heavy (non-hydrogen) atoms. The first kappa shape index (κ1) is 48.6. The lowest BCUT2D eigenvalue weighted by Gasteiger charge is -2.50. The van der Waals surface area contributed by atoms with Gasteiger partial charge in [0.1, 0.15) is 24.5 Å². The first-order chi connectivity index (χ1) is 28.5.